The first-order valence-corrected chi connectivity index (χ1v) is 8.17. The number of aromatic hydroxyl groups is 1. The average Bonchev–Trinajstić information content (AvgIpc) is 3.00. The Kier molecular flexibility index (Phi) is 3.55. The molecule has 0 amide bonds. The molecule has 0 bridgehead atoms. The summed E-state index contributed by atoms with van der Waals surface area (Å²) in [4.78, 5) is 17.7. The van der Waals surface area contributed by atoms with Crippen LogP contribution in [0.4, 0.5) is 10.8 Å². The van der Waals surface area contributed by atoms with Crippen molar-refractivity contribution < 1.29 is 5.11 Å². The summed E-state index contributed by atoms with van der Waals surface area (Å²) >= 11 is 1.54. The molecule has 3 heterocycles. The highest BCUT2D eigenvalue weighted by Gasteiger charge is 2.06. The Morgan fingerprint density at radius 3 is 2.58 bits per heavy atom. The van der Waals surface area contributed by atoms with Gasteiger partial charge in [-0.1, -0.05) is 0 Å². The Balaban J connectivity index is 1.70. The van der Waals surface area contributed by atoms with Crippen LogP contribution in [0.1, 0.15) is 5.69 Å². The SMILES string of the molecule is Cc1csc(Nc2cnc3cnc(-c4ccc(O)cc4)nc3c2)n1. The van der Waals surface area contributed by atoms with E-state index in [9.17, 15) is 5.11 Å². The van der Waals surface area contributed by atoms with Crippen molar-refractivity contribution in [3.05, 3.63) is 53.8 Å². The van der Waals surface area contributed by atoms with Gasteiger partial charge in [0.2, 0.25) is 0 Å². The zero-order valence-electron chi connectivity index (χ0n) is 12.8. The highest BCUT2D eigenvalue weighted by molar-refractivity contribution is 7.13. The molecule has 118 valence electrons. The van der Waals surface area contributed by atoms with Crippen molar-refractivity contribution in [1.29, 1.82) is 0 Å². The molecule has 6 nitrogen and oxygen atoms in total. The molecule has 4 aromatic rings. The predicted molar refractivity (Wildman–Crippen MR) is 94.6 cm³/mol. The molecule has 0 fully saturated rings. The second kappa shape index (κ2) is 5.86. The van der Waals surface area contributed by atoms with Gasteiger partial charge in [0.25, 0.3) is 0 Å². The van der Waals surface area contributed by atoms with Crippen LogP contribution >= 0.6 is 11.3 Å². The lowest BCUT2D eigenvalue weighted by atomic mass is 10.2. The first kappa shape index (κ1) is 14.5. The van der Waals surface area contributed by atoms with E-state index in [2.05, 4.69) is 25.3 Å². The van der Waals surface area contributed by atoms with Crippen molar-refractivity contribution in [2.75, 3.05) is 5.32 Å². The summed E-state index contributed by atoms with van der Waals surface area (Å²) in [6.45, 7) is 1.96. The number of aryl methyl sites for hydroxylation is 1. The second-order valence-corrected chi connectivity index (χ2v) is 6.15. The fourth-order valence-corrected chi connectivity index (χ4v) is 2.98. The number of fused-ring (bicyclic) bond motifs is 1. The highest BCUT2D eigenvalue weighted by atomic mass is 32.1. The number of phenolic OH excluding ortho intramolecular Hbond substituents is 1. The van der Waals surface area contributed by atoms with Crippen molar-refractivity contribution in [3.8, 4) is 17.1 Å². The minimum atomic E-state index is 0.214. The average molecular weight is 335 g/mol. The number of pyridine rings is 1. The van der Waals surface area contributed by atoms with Gasteiger partial charge in [-0.05, 0) is 37.3 Å². The van der Waals surface area contributed by atoms with Gasteiger partial charge in [-0.3, -0.25) is 4.98 Å². The van der Waals surface area contributed by atoms with Gasteiger partial charge in [-0.2, -0.15) is 0 Å². The number of anilines is 2. The summed E-state index contributed by atoms with van der Waals surface area (Å²) in [6.07, 6.45) is 3.44. The summed E-state index contributed by atoms with van der Waals surface area (Å²) < 4.78 is 0. The molecule has 1 aromatic carbocycles. The third kappa shape index (κ3) is 2.89. The van der Waals surface area contributed by atoms with Crippen LogP contribution in [0.3, 0.4) is 0 Å². The largest absolute Gasteiger partial charge is 0.508 e. The highest BCUT2D eigenvalue weighted by Crippen LogP contribution is 2.24. The summed E-state index contributed by atoms with van der Waals surface area (Å²) in [5, 5.41) is 15.4. The van der Waals surface area contributed by atoms with E-state index in [4.69, 9.17) is 0 Å². The van der Waals surface area contributed by atoms with Gasteiger partial charge >= 0.3 is 0 Å². The number of nitrogens with zero attached hydrogens (tertiary/aromatic N) is 4. The van der Waals surface area contributed by atoms with Gasteiger partial charge in [0.1, 0.15) is 11.3 Å². The maximum absolute atomic E-state index is 9.39. The van der Waals surface area contributed by atoms with Crippen LogP contribution in [0, 0.1) is 6.92 Å². The van der Waals surface area contributed by atoms with E-state index in [1.165, 1.54) is 0 Å². The molecule has 0 radical (unpaired) electrons. The Hall–Kier alpha value is -3.06. The number of aromatic nitrogens is 4. The zero-order chi connectivity index (χ0) is 16.5. The molecule has 0 saturated heterocycles. The van der Waals surface area contributed by atoms with Gasteiger partial charge < -0.3 is 10.4 Å². The van der Waals surface area contributed by atoms with Crippen LogP contribution in [0.5, 0.6) is 5.75 Å². The Labute approximate surface area is 141 Å². The Morgan fingerprint density at radius 1 is 1.00 bits per heavy atom. The van der Waals surface area contributed by atoms with Crippen LogP contribution in [-0.2, 0) is 0 Å². The maximum Gasteiger partial charge on any atom is 0.187 e. The molecular weight excluding hydrogens is 322 g/mol. The number of hydrogen-bond acceptors (Lipinski definition) is 7. The van der Waals surface area contributed by atoms with Gasteiger partial charge in [0, 0.05) is 10.9 Å². The maximum atomic E-state index is 9.39. The zero-order valence-corrected chi connectivity index (χ0v) is 13.6. The lowest BCUT2D eigenvalue weighted by molar-refractivity contribution is 0.475. The topological polar surface area (TPSA) is 83.8 Å². The number of nitrogens with one attached hydrogen (secondary N) is 1. The second-order valence-electron chi connectivity index (χ2n) is 5.29. The van der Waals surface area contributed by atoms with Gasteiger partial charge in [0.15, 0.2) is 11.0 Å². The normalized spacial score (nSPS) is 10.9. The Morgan fingerprint density at radius 2 is 1.83 bits per heavy atom. The number of phenols is 1. The van der Waals surface area contributed by atoms with Crippen LogP contribution in [-0.4, -0.2) is 25.0 Å². The van der Waals surface area contributed by atoms with Gasteiger partial charge in [-0.15, -0.1) is 11.3 Å². The van der Waals surface area contributed by atoms with Crippen LogP contribution in [0.2, 0.25) is 0 Å². The summed E-state index contributed by atoms with van der Waals surface area (Å²) in [7, 11) is 0. The lowest BCUT2D eigenvalue weighted by Crippen LogP contribution is -1.95. The van der Waals surface area contributed by atoms with Crippen molar-refractivity contribution >= 4 is 33.2 Å². The molecule has 0 aliphatic carbocycles. The first-order chi connectivity index (χ1) is 11.7. The number of thiazole rings is 1. The van der Waals surface area contributed by atoms with E-state index < -0.39 is 0 Å². The molecule has 7 heteroatoms. The fourth-order valence-electron chi connectivity index (χ4n) is 2.27. The predicted octanol–water partition coefficient (Wildman–Crippen LogP) is 3.91. The first-order valence-electron chi connectivity index (χ1n) is 7.29. The fraction of sp³-hybridized carbons (Fsp3) is 0.0588. The van der Waals surface area contributed by atoms with Gasteiger partial charge in [0.05, 0.1) is 29.3 Å². The molecule has 24 heavy (non-hydrogen) atoms. The standard InChI is InChI=1S/C17H13N5OS/c1-10-9-24-17(20-10)21-12-6-14-15(18-7-12)8-19-16(22-14)11-2-4-13(23)5-3-11/h2-9,23H,1H3,(H,20,21). The molecule has 0 saturated carbocycles. The lowest BCUT2D eigenvalue weighted by Gasteiger charge is -2.05. The molecule has 0 aliphatic rings. The molecule has 4 rings (SSSR count). The van der Waals surface area contributed by atoms with Crippen molar-refractivity contribution in [3.63, 3.8) is 0 Å². The summed E-state index contributed by atoms with van der Waals surface area (Å²) in [6, 6.07) is 8.72. The summed E-state index contributed by atoms with van der Waals surface area (Å²) in [5.41, 5.74) is 4.11. The number of benzene rings is 1. The smallest absolute Gasteiger partial charge is 0.187 e. The minimum absolute atomic E-state index is 0.214. The quantitative estimate of drug-likeness (QED) is 0.590. The molecule has 0 unspecified atom stereocenters. The van der Waals surface area contributed by atoms with Crippen molar-refractivity contribution in [2.24, 2.45) is 0 Å². The third-order valence-electron chi connectivity index (χ3n) is 3.43. The molecule has 2 N–H and O–H groups in total. The minimum Gasteiger partial charge on any atom is -0.508 e. The van der Waals surface area contributed by atoms with E-state index in [0.717, 1.165) is 33.1 Å². The van der Waals surface area contributed by atoms with E-state index in [1.807, 2.05) is 18.4 Å². The Bertz CT molecular complexity index is 1010. The van der Waals surface area contributed by atoms with Crippen LogP contribution < -0.4 is 5.32 Å². The molecule has 0 spiro atoms. The monoisotopic (exact) mass is 335 g/mol. The molecular formula is C17H13N5OS. The van der Waals surface area contributed by atoms with E-state index >= 15 is 0 Å². The number of rotatable bonds is 3. The number of hydrogen-bond donors (Lipinski definition) is 2. The molecule has 0 atom stereocenters. The van der Waals surface area contributed by atoms with E-state index in [-0.39, 0.29) is 5.75 Å². The van der Waals surface area contributed by atoms with E-state index in [0.29, 0.717) is 5.82 Å². The van der Waals surface area contributed by atoms with Gasteiger partial charge in [-0.25, -0.2) is 15.0 Å². The van der Waals surface area contributed by atoms with Crippen LogP contribution in [0.25, 0.3) is 22.4 Å². The molecule has 3 aromatic heterocycles. The molecule has 0 aliphatic heterocycles. The third-order valence-corrected chi connectivity index (χ3v) is 4.30. The summed E-state index contributed by atoms with van der Waals surface area (Å²) in [5.74, 6) is 0.804. The van der Waals surface area contributed by atoms with Crippen molar-refractivity contribution in [2.45, 2.75) is 6.92 Å². The van der Waals surface area contributed by atoms with E-state index in [1.54, 1.807) is 48.0 Å². The van der Waals surface area contributed by atoms with Crippen molar-refractivity contribution in [1.82, 2.24) is 19.9 Å². The van der Waals surface area contributed by atoms with Crippen LogP contribution in [0.15, 0.2) is 48.1 Å².